The fraction of sp³-hybridized carbons (Fsp3) is 1.00. The molecule has 0 spiro atoms. The van der Waals surface area contributed by atoms with Crippen molar-refractivity contribution in [2.45, 2.75) is 13.0 Å². The van der Waals surface area contributed by atoms with Crippen molar-refractivity contribution in [2.75, 3.05) is 13.6 Å². The summed E-state index contributed by atoms with van der Waals surface area (Å²) in [6, 6.07) is 0.463. The molecule has 3 N–H and O–H groups in total. The maximum Gasteiger partial charge on any atom is 0.0158 e. The van der Waals surface area contributed by atoms with Crippen molar-refractivity contribution in [2.24, 2.45) is 5.73 Å². The Kier molecular flexibility index (Phi) is 3.08. The summed E-state index contributed by atoms with van der Waals surface area (Å²) in [5, 5.41) is 2.99. The molecule has 0 saturated heterocycles. The largest absolute Gasteiger partial charge is 0.329 e. The minimum absolute atomic E-state index is 0.463. The zero-order valence-electron chi connectivity index (χ0n) is 4.36. The van der Waals surface area contributed by atoms with Crippen LogP contribution in [0.15, 0.2) is 0 Å². The number of hydrogen-bond donors (Lipinski definition) is 2. The van der Waals surface area contributed by atoms with E-state index in [0.717, 1.165) is 6.54 Å². The molecule has 2 heteroatoms. The van der Waals surface area contributed by atoms with Crippen molar-refractivity contribution in [1.29, 1.82) is 0 Å². The molecule has 38 valence electrons. The molecule has 2 nitrogen and oxygen atoms in total. The highest BCUT2D eigenvalue weighted by Crippen LogP contribution is 1.67. The summed E-state index contributed by atoms with van der Waals surface area (Å²) in [6.45, 7) is 2.76. The standard InChI is InChI=1S/C4H12N2/c1-4(3-5)6-2/h4,6H,3,5H2,1-2H3/t4-/m1/s1. The van der Waals surface area contributed by atoms with E-state index in [-0.39, 0.29) is 0 Å². The van der Waals surface area contributed by atoms with E-state index in [0.29, 0.717) is 6.04 Å². The molecule has 6 heavy (non-hydrogen) atoms. The highest BCUT2D eigenvalue weighted by atomic mass is 14.9. The van der Waals surface area contributed by atoms with Gasteiger partial charge in [0.25, 0.3) is 0 Å². The van der Waals surface area contributed by atoms with Crippen molar-refractivity contribution in [3.05, 3.63) is 0 Å². The van der Waals surface area contributed by atoms with Crippen LogP contribution in [0.4, 0.5) is 0 Å². The van der Waals surface area contributed by atoms with Crippen LogP contribution >= 0.6 is 0 Å². The van der Waals surface area contributed by atoms with Crippen molar-refractivity contribution >= 4 is 0 Å². The third-order valence-corrected chi connectivity index (χ3v) is 0.846. The molecule has 0 aliphatic carbocycles. The molecule has 1 atom stereocenters. The summed E-state index contributed by atoms with van der Waals surface area (Å²) in [6.07, 6.45) is 0. The zero-order chi connectivity index (χ0) is 4.99. The Hall–Kier alpha value is -0.0800. The molecule has 0 saturated carbocycles. The van der Waals surface area contributed by atoms with Crippen molar-refractivity contribution in [1.82, 2.24) is 5.32 Å². The molecule has 0 aromatic heterocycles. The number of nitrogens with two attached hydrogens (primary N) is 1. The molecule has 0 amide bonds. The highest BCUT2D eigenvalue weighted by Gasteiger charge is 1.86. The molecule has 0 aliphatic rings. The predicted molar refractivity (Wildman–Crippen MR) is 27.6 cm³/mol. The molecule has 0 aromatic carbocycles. The van der Waals surface area contributed by atoms with Crippen molar-refractivity contribution in [3.8, 4) is 0 Å². The van der Waals surface area contributed by atoms with Gasteiger partial charge in [-0.25, -0.2) is 0 Å². The lowest BCUT2D eigenvalue weighted by molar-refractivity contribution is 0.621. The molecule has 0 heterocycles. The van der Waals surface area contributed by atoms with Crippen LogP contribution in [0, 0.1) is 0 Å². The van der Waals surface area contributed by atoms with Crippen LogP contribution in [-0.2, 0) is 0 Å². The maximum atomic E-state index is 5.22. The van der Waals surface area contributed by atoms with Gasteiger partial charge in [0, 0.05) is 12.6 Å². The van der Waals surface area contributed by atoms with Crippen LogP contribution in [0.2, 0.25) is 0 Å². The Labute approximate surface area is 38.7 Å². The number of likely N-dealkylation sites (N-methyl/N-ethyl adjacent to an activating group) is 1. The normalized spacial score (nSPS) is 14.5. The van der Waals surface area contributed by atoms with Crippen LogP contribution in [0.1, 0.15) is 6.92 Å². The lowest BCUT2D eigenvalue weighted by atomic mass is 10.4. The van der Waals surface area contributed by atoms with E-state index in [1.165, 1.54) is 0 Å². The number of hydrogen-bond acceptors (Lipinski definition) is 2. The smallest absolute Gasteiger partial charge is 0.0158 e. The van der Waals surface area contributed by atoms with Gasteiger partial charge in [-0.1, -0.05) is 0 Å². The first-order chi connectivity index (χ1) is 2.81. The quantitative estimate of drug-likeness (QED) is 0.480. The average Bonchev–Trinajstić information content (AvgIpc) is 1.65. The van der Waals surface area contributed by atoms with Gasteiger partial charge in [-0.15, -0.1) is 0 Å². The van der Waals surface area contributed by atoms with Crippen LogP contribution in [0.5, 0.6) is 0 Å². The van der Waals surface area contributed by atoms with E-state index in [4.69, 9.17) is 5.73 Å². The van der Waals surface area contributed by atoms with Gasteiger partial charge in [-0.3, -0.25) is 0 Å². The summed E-state index contributed by atoms with van der Waals surface area (Å²) in [5.74, 6) is 0. The van der Waals surface area contributed by atoms with E-state index >= 15 is 0 Å². The first-order valence-corrected chi connectivity index (χ1v) is 2.18. The van der Waals surface area contributed by atoms with Crippen LogP contribution in [0.3, 0.4) is 0 Å². The molecule has 0 aliphatic heterocycles. The second-order valence-corrected chi connectivity index (χ2v) is 1.43. The monoisotopic (exact) mass is 88.1 g/mol. The van der Waals surface area contributed by atoms with E-state index in [1.807, 2.05) is 14.0 Å². The lowest BCUT2D eigenvalue weighted by Crippen LogP contribution is -2.29. The van der Waals surface area contributed by atoms with Gasteiger partial charge in [0.1, 0.15) is 0 Å². The second-order valence-electron chi connectivity index (χ2n) is 1.43. The van der Waals surface area contributed by atoms with E-state index < -0.39 is 0 Å². The third kappa shape index (κ3) is 2.18. The van der Waals surface area contributed by atoms with Gasteiger partial charge in [0.15, 0.2) is 0 Å². The summed E-state index contributed by atoms with van der Waals surface area (Å²) in [4.78, 5) is 0. The Balaban J connectivity index is 2.75. The molecule has 0 bridgehead atoms. The van der Waals surface area contributed by atoms with Crippen LogP contribution in [0.25, 0.3) is 0 Å². The van der Waals surface area contributed by atoms with Crippen LogP contribution in [-0.4, -0.2) is 19.6 Å². The van der Waals surface area contributed by atoms with Gasteiger partial charge >= 0.3 is 0 Å². The van der Waals surface area contributed by atoms with Gasteiger partial charge in [0.2, 0.25) is 0 Å². The van der Waals surface area contributed by atoms with Gasteiger partial charge < -0.3 is 11.1 Å². The molecule has 0 fully saturated rings. The molecule has 0 aromatic rings. The van der Waals surface area contributed by atoms with Gasteiger partial charge in [-0.2, -0.15) is 0 Å². The summed E-state index contributed by atoms with van der Waals surface area (Å²) < 4.78 is 0. The van der Waals surface area contributed by atoms with E-state index in [1.54, 1.807) is 0 Å². The Morgan fingerprint density at radius 2 is 2.33 bits per heavy atom. The zero-order valence-corrected chi connectivity index (χ0v) is 4.36. The SMILES string of the molecule is CN[C@H](C)CN. The van der Waals surface area contributed by atoms with E-state index in [2.05, 4.69) is 5.32 Å². The van der Waals surface area contributed by atoms with Gasteiger partial charge in [-0.05, 0) is 14.0 Å². The lowest BCUT2D eigenvalue weighted by Gasteiger charge is -2.02. The first kappa shape index (κ1) is 5.92. The Morgan fingerprint density at radius 1 is 1.83 bits per heavy atom. The van der Waals surface area contributed by atoms with Crippen molar-refractivity contribution in [3.63, 3.8) is 0 Å². The minimum atomic E-state index is 0.463. The number of rotatable bonds is 2. The van der Waals surface area contributed by atoms with E-state index in [9.17, 15) is 0 Å². The van der Waals surface area contributed by atoms with Crippen LogP contribution < -0.4 is 11.1 Å². The minimum Gasteiger partial charge on any atom is -0.329 e. The molecule has 0 rings (SSSR count). The Morgan fingerprint density at radius 3 is 2.33 bits per heavy atom. The topological polar surface area (TPSA) is 38.0 Å². The second kappa shape index (κ2) is 3.12. The maximum absolute atomic E-state index is 5.22. The highest BCUT2D eigenvalue weighted by molar-refractivity contribution is 4.53. The average molecular weight is 88.2 g/mol. The van der Waals surface area contributed by atoms with Gasteiger partial charge in [0.05, 0.1) is 0 Å². The molecule has 0 unspecified atom stereocenters. The Bertz CT molecular complexity index is 24.7. The molecular formula is C4H12N2. The first-order valence-electron chi connectivity index (χ1n) is 2.18. The molecular weight excluding hydrogens is 76.1 g/mol. The number of nitrogens with one attached hydrogen (secondary N) is 1. The summed E-state index contributed by atoms with van der Waals surface area (Å²) in [7, 11) is 1.90. The van der Waals surface area contributed by atoms with Crippen molar-refractivity contribution < 1.29 is 0 Å². The fourth-order valence-electron chi connectivity index (χ4n) is 0.118. The summed E-state index contributed by atoms with van der Waals surface area (Å²) in [5.41, 5.74) is 5.22. The predicted octanol–water partition coefficient (Wildman–Crippen LogP) is -0.447. The fourth-order valence-corrected chi connectivity index (χ4v) is 0.118. The summed E-state index contributed by atoms with van der Waals surface area (Å²) >= 11 is 0. The third-order valence-electron chi connectivity index (χ3n) is 0.846. The molecule has 0 radical (unpaired) electrons.